The van der Waals surface area contributed by atoms with Crippen molar-refractivity contribution in [2.75, 3.05) is 6.54 Å². The Bertz CT molecular complexity index is 943. The predicted octanol–water partition coefficient (Wildman–Crippen LogP) is 4.59. The zero-order chi connectivity index (χ0) is 20.6. The third-order valence-electron chi connectivity index (χ3n) is 4.85. The average Bonchev–Trinajstić information content (AvgIpc) is 2.66. The molecule has 0 N–H and O–H groups in total. The van der Waals surface area contributed by atoms with Crippen LogP contribution in [0.1, 0.15) is 19.4 Å². The SMILES string of the molecule is CC(C)OC1=CC=N[C@]23OC(Cc4ccccc4)CN=C2C=C(C(F)(F)F)C=C13. The van der Waals surface area contributed by atoms with Crippen molar-refractivity contribution < 1.29 is 22.6 Å². The summed E-state index contributed by atoms with van der Waals surface area (Å²) in [5.74, 6) is 0.318. The Hall–Kier alpha value is -2.67. The molecule has 2 aliphatic heterocycles. The van der Waals surface area contributed by atoms with Gasteiger partial charge in [0.25, 0.3) is 0 Å². The number of aliphatic imine (C=N–C) groups is 2. The van der Waals surface area contributed by atoms with Crippen molar-refractivity contribution >= 4 is 11.9 Å². The van der Waals surface area contributed by atoms with Gasteiger partial charge >= 0.3 is 6.18 Å². The summed E-state index contributed by atoms with van der Waals surface area (Å²) >= 11 is 0. The number of ether oxygens (including phenoxy) is 2. The molecule has 2 atom stereocenters. The summed E-state index contributed by atoms with van der Waals surface area (Å²) in [6, 6.07) is 9.77. The molecule has 1 aliphatic carbocycles. The Morgan fingerprint density at radius 2 is 1.97 bits per heavy atom. The summed E-state index contributed by atoms with van der Waals surface area (Å²) in [6.45, 7) is 3.90. The molecule has 2 heterocycles. The quantitative estimate of drug-likeness (QED) is 0.740. The number of dihydropyridines is 1. The van der Waals surface area contributed by atoms with Gasteiger partial charge in [0, 0.05) is 12.6 Å². The molecule has 4 nitrogen and oxygen atoms in total. The van der Waals surface area contributed by atoms with Crippen LogP contribution in [-0.4, -0.2) is 42.6 Å². The number of nitrogens with zero attached hydrogens (tertiary/aromatic N) is 2. The lowest BCUT2D eigenvalue weighted by Crippen LogP contribution is -2.52. The van der Waals surface area contributed by atoms with Crippen molar-refractivity contribution in [1.29, 1.82) is 0 Å². The van der Waals surface area contributed by atoms with Gasteiger partial charge in [-0.3, -0.25) is 4.99 Å². The molecule has 152 valence electrons. The van der Waals surface area contributed by atoms with E-state index in [1.54, 1.807) is 6.08 Å². The van der Waals surface area contributed by atoms with E-state index in [1.807, 2.05) is 44.2 Å². The third kappa shape index (κ3) is 3.79. The van der Waals surface area contributed by atoms with E-state index in [4.69, 9.17) is 9.47 Å². The fourth-order valence-electron chi connectivity index (χ4n) is 3.64. The fraction of sp³-hybridized carbons (Fsp3) is 0.364. The molecule has 0 saturated carbocycles. The highest BCUT2D eigenvalue weighted by Gasteiger charge is 2.51. The van der Waals surface area contributed by atoms with E-state index >= 15 is 0 Å². The topological polar surface area (TPSA) is 43.2 Å². The van der Waals surface area contributed by atoms with Crippen molar-refractivity contribution in [1.82, 2.24) is 0 Å². The molecule has 0 bridgehead atoms. The van der Waals surface area contributed by atoms with E-state index < -0.39 is 17.5 Å². The van der Waals surface area contributed by atoms with Crippen LogP contribution in [0.5, 0.6) is 0 Å². The van der Waals surface area contributed by atoms with Crippen LogP contribution >= 0.6 is 0 Å². The first-order valence-electron chi connectivity index (χ1n) is 9.48. The molecule has 0 fully saturated rings. The zero-order valence-corrected chi connectivity index (χ0v) is 16.1. The van der Waals surface area contributed by atoms with Crippen LogP contribution in [0.2, 0.25) is 0 Å². The lowest BCUT2D eigenvalue weighted by Gasteiger charge is -2.42. The second-order valence-electron chi connectivity index (χ2n) is 7.43. The molecule has 1 aromatic rings. The monoisotopic (exact) mass is 402 g/mol. The highest BCUT2D eigenvalue weighted by atomic mass is 19.4. The molecule has 0 radical (unpaired) electrons. The average molecular weight is 402 g/mol. The second-order valence-corrected chi connectivity index (χ2v) is 7.43. The van der Waals surface area contributed by atoms with E-state index in [0.29, 0.717) is 12.2 Å². The number of hydrogen-bond donors (Lipinski definition) is 0. The second kappa shape index (κ2) is 7.30. The van der Waals surface area contributed by atoms with Crippen molar-refractivity contribution in [3.05, 3.63) is 71.0 Å². The summed E-state index contributed by atoms with van der Waals surface area (Å²) in [5.41, 5.74) is -0.747. The lowest BCUT2D eigenvalue weighted by molar-refractivity contribution is -0.0892. The maximum absolute atomic E-state index is 13.5. The first-order chi connectivity index (χ1) is 13.8. The van der Waals surface area contributed by atoms with E-state index in [2.05, 4.69) is 9.98 Å². The maximum atomic E-state index is 13.5. The molecule has 4 rings (SSSR count). The molecule has 0 amide bonds. The number of rotatable bonds is 4. The molecule has 0 saturated heterocycles. The number of benzene rings is 1. The molecule has 1 aromatic carbocycles. The normalized spacial score (nSPS) is 26.1. The Labute approximate surface area is 167 Å². The van der Waals surface area contributed by atoms with Crippen LogP contribution in [0.25, 0.3) is 0 Å². The Balaban J connectivity index is 1.74. The van der Waals surface area contributed by atoms with Gasteiger partial charge in [-0.1, -0.05) is 30.3 Å². The van der Waals surface area contributed by atoms with Gasteiger partial charge in [-0.15, -0.1) is 0 Å². The van der Waals surface area contributed by atoms with Gasteiger partial charge in [0.2, 0.25) is 5.72 Å². The smallest absolute Gasteiger partial charge is 0.416 e. The number of hydrogen-bond acceptors (Lipinski definition) is 4. The highest BCUT2D eigenvalue weighted by molar-refractivity contribution is 6.09. The van der Waals surface area contributed by atoms with Gasteiger partial charge in [0.05, 0.1) is 35.6 Å². The molecule has 0 aromatic heterocycles. The maximum Gasteiger partial charge on any atom is 0.416 e. The summed E-state index contributed by atoms with van der Waals surface area (Å²) in [7, 11) is 0. The largest absolute Gasteiger partial charge is 0.490 e. The molecule has 29 heavy (non-hydrogen) atoms. The van der Waals surface area contributed by atoms with Crippen LogP contribution < -0.4 is 0 Å². The summed E-state index contributed by atoms with van der Waals surface area (Å²) < 4.78 is 52.6. The minimum Gasteiger partial charge on any atom is -0.490 e. The summed E-state index contributed by atoms with van der Waals surface area (Å²) in [4.78, 5) is 8.92. The summed E-state index contributed by atoms with van der Waals surface area (Å²) in [5, 5.41) is 0. The van der Waals surface area contributed by atoms with E-state index in [1.165, 1.54) is 6.21 Å². The van der Waals surface area contributed by atoms with Crippen LogP contribution in [0.3, 0.4) is 0 Å². The van der Waals surface area contributed by atoms with Gasteiger partial charge in [0.15, 0.2) is 0 Å². The van der Waals surface area contributed by atoms with Gasteiger partial charge in [-0.2, -0.15) is 13.2 Å². The third-order valence-corrected chi connectivity index (χ3v) is 4.85. The zero-order valence-electron chi connectivity index (χ0n) is 16.1. The predicted molar refractivity (Wildman–Crippen MR) is 105 cm³/mol. The van der Waals surface area contributed by atoms with Crippen LogP contribution in [-0.2, 0) is 15.9 Å². The molecule has 3 aliphatic rings. The molecule has 1 unspecified atom stereocenters. The minimum atomic E-state index is -4.51. The molecule has 7 heteroatoms. The van der Waals surface area contributed by atoms with Gasteiger partial charge in [-0.05, 0) is 37.6 Å². The molecular formula is C22H21F3N2O2. The Morgan fingerprint density at radius 1 is 1.21 bits per heavy atom. The lowest BCUT2D eigenvalue weighted by atomic mass is 9.85. The van der Waals surface area contributed by atoms with E-state index in [9.17, 15) is 13.2 Å². The van der Waals surface area contributed by atoms with Crippen molar-refractivity contribution in [3.63, 3.8) is 0 Å². The minimum absolute atomic E-state index is 0.154. The molecule has 1 spiro atoms. The number of halogens is 3. The van der Waals surface area contributed by atoms with Gasteiger partial charge < -0.3 is 9.47 Å². The number of alkyl halides is 3. The van der Waals surface area contributed by atoms with Crippen molar-refractivity contribution in [2.24, 2.45) is 9.98 Å². The van der Waals surface area contributed by atoms with Crippen molar-refractivity contribution in [3.8, 4) is 0 Å². The fourth-order valence-corrected chi connectivity index (χ4v) is 3.64. The summed E-state index contributed by atoms with van der Waals surface area (Å²) in [6.07, 6.45) is 0.720. The van der Waals surface area contributed by atoms with Crippen LogP contribution in [0.15, 0.2) is 75.5 Å². The van der Waals surface area contributed by atoms with E-state index in [0.717, 1.165) is 17.7 Å². The van der Waals surface area contributed by atoms with Crippen LogP contribution in [0.4, 0.5) is 13.2 Å². The van der Waals surface area contributed by atoms with Crippen LogP contribution in [0, 0.1) is 0 Å². The highest BCUT2D eigenvalue weighted by Crippen LogP contribution is 2.44. The van der Waals surface area contributed by atoms with Gasteiger partial charge in [0.1, 0.15) is 5.76 Å². The Morgan fingerprint density at radius 3 is 2.66 bits per heavy atom. The first kappa shape index (κ1) is 19.6. The molecular weight excluding hydrogens is 381 g/mol. The Kier molecular flexibility index (Phi) is 4.94. The van der Waals surface area contributed by atoms with Gasteiger partial charge in [-0.25, -0.2) is 4.99 Å². The first-order valence-corrected chi connectivity index (χ1v) is 9.48. The standard InChI is InChI=1S/C22H21F3N2O2/c1-14(2)28-19-8-9-27-21-18(19)11-16(22(23,24)25)12-20(21)26-13-17(29-21)10-15-6-4-3-5-7-15/h3-9,11-12,14,17H,10,13H2,1-2H3/t17?,21-/m1/s1. The number of allylic oxidation sites excluding steroid dienone is 3. The van der Waals surface area contributed by atoms with E-state index in [-0.39, 0.29) is 30.0 Å². The van der Waals surface area contributed by atoms with Crippen molar-refractivity contribution in [2.45, 2.75) is 44.4 Å².